The van der Waals surface area contributed by atoms with Gasteiger partial charge in [0.15, 0.2) is 0 Å². The molecule has 0 aliphatic heterocycles. The van der Waals surface area contributed by atoms with Gasteiger partial charge in [-0.2, -0.15) is 0 Å². The fourth-order valence-electron chi connectivity index (χ4n) is 10.3. The van der Waals surface area contributed by atoms with Crippen LogP contribution in [0.4, 0.5) is 0 Å². The van der Waals surface area contributed by atoms with E-state index >= 15 is 0 Å². The second-order valence-corrected chi connectivity index (χ2v) is 24.7. The molecular formula is C80H90ClNaO16. The third-order valence-electron chi connectivity index (χ3n) is 16.2. The number of aliphatic hydroxyl groups is 1. The molecule has 98 heavy (non-hydrogen) atoms. The van der Waals surface area contributed by atoms with Crippen molar-refractivity contribution >= 4 is 29.5 Å². The number of carbonyl (C=O) groups excluding carboxylic acids is 2. The molecule has 0 amide bonds. The van der Waals surface area contributed by atoms with E-state index in [1.807, 2.05) is 250 Å². The number of alkyl halides is 1. The second-order valence-electron chi connectivity index (χ2n) is 24.2. The summed E-state index contributed by atoms with van der Waals surface area (Å²) in [4.78, 5) is 34.1. The molecule has 0 unspecified atom stereocenters. The number of aliphatic carboxylic acids is 1. The molecule has 0 heterocycles. The predicted molar refractivity (Wildman–Crippen MR) is 377 cm³/mol. The number of esters is 2. The molecule has 9 rings (SSSR count). The first-order chi connectivity index (χ1) is 45.9. The summed E-state index contributed by atoms with van der Waals surface area (Å²) in [5, 5.41) is 18.3. The summed E-state index contributed by atoms with van der Waals surface area (Å²) in [7, 11) is 12.5. The van der Waals surface area contributed by atoms with Crippen LogP contribution in [-0.2, 0) is 49.4 Å². The van der Waals surface area contributed by atoms with Crippen molar-refractivity contribution < 1.29 is 107 Å². The van der Waals surface area contributed by atoms with Crippen LogP contribution in [0.1, 0.15) is 91.6 Å². The molecule has 0 saturated carbocycles. The first kappa shape index (κ1) is 81.7. The number of methoxy groups -OCH3 is 8. The zero-order valence-electron chi connectivity index (χ0n) is 58.7. The van der Waals surface area contributed by atoms with Crippen molar-refractivity contribution in [3.8, 4) is 34.5 Å². The molecule has 0 aliphatic carbocycles. The quantitative estimate of drug-likeness (QED) is 0.0236. The molecular weight excluding hydrogens is 1280 g/mol. The third kappa shape index (κ3) is 20.0. The van der Waals surface area contributed by atoms with Crippen LogP contribution in [0.5, 0.6) is 34.5 Å². The Morgan fingerprint density at radius 3 is 0.745 bits per heavy atom. The van der Waals surface area contributed by atoms with Gasteiger partial charge in [0.1, 0.15) is 50.6 Å². The molecule has 9 aromatic carbocycles. The Hall–Kier alpha value is -8.68. The molecule has 0 spiro atoms. The number of rotatable bonds is 25. The fraction of sp³-hybridized carbons (Fsp3) is 0.287. The number of halogens is 1. The van der Waals surface area contributed by atoms with Gasteiger partial charge in [-0.3, -0.25) is 14.4 Å². The zero-order valence-corrected chi connectivity index (χ0v) is 61.4. The number of carboxylic acid groups (broad SMARTS) is 1. The predicted octanol–water partition coefficient (Wildman–Crippen LogP) is 12.6. The van der Waals surface area contributed by atoms with E-state index in [9.17, 15) is 19.5 Å². The van der Waals surface area contributed by atoms with Crippen LogP contribution in [0, 0.1) is 16.2 Å². The van der Waals surface area contributed by atoms with Crippen LogP contribution in [0.2, 0.25) is 0 Å². The first-order valence-corrected chi connectivity index (χ1v) is 31.3. The van der Waals surface area contributed by atoms with Crippen LogP contribution >= 0.6 is 11.6 Å². The van der Waals surface area contributed by atoms with E-state index in [-0.39, 0.29) is 66.8 Å². The molecule has 514 valence electrons. The number of hydrogen-bond acceptors (Lipinski definition) is 15. The van der Waals surface area contributed by atoms with E-state index in [4.69, 9.17) is 59.3 Å². The summed E-state index contributed by atoms with van der Waals surface area (Å²) in [6.45, 7) is 10.2. The Labute approximate surface area is 604 Å². The van der Waals surface area contributed by atoms with Crippen LogP contribution < -0.4 is 58.0 Å². The van der Waals surface area contributed by atoms with Crippen LogP contribution in [0.3, 0.4) is 0 Å². The van der Waals surface area contributed by atoms with E-state index in [0.717, 1.165) is 84.6 Å². The number of carboxylic acids is 1. The molecule has 3 N–H and O–H groups in total. The standard InChI is InChI=1S/C27H30O5.C26H28O5.C21H19ClO2.C6H12O3.Na.H2O/c1-26(2,25(28)31-5)19-32-27(20-9-7-6-8-10-20,21-11-15-23(29-3)16-12-21)22-13-17-24(30-4)18-14-22;1-25(2,24(27)28)18-31-26(19-8-6-5-7-9-19,20-10-14-22(29-3)15-11-20)21-12-16-23(30-4)17-13-21;1-23-19-12-8-17(9-13-19)21(22,16-6-4-3-5-7-16)18-10-14-20(24-2)15-11-18;1-6(2,4-7)5(8)9-3;;/h6-18H,19H2,1-5H3;5-17H,18H2,1-4H3,(H,27,28);3-15H,1-2H3;7H,4H2,1-3H3;;1H2/q;;;;+1;/p-1. The fourth-order valence-corrected chi connectivity index (χ4v) is 10.7. The molecule has 0 aliphatic rings. The molecule has 0 saturated heterocycles. The minimum absolute atomic E-state index is 0. The number of ether oxygens (including phenoxy) is 10. The topological polar surface area (TPSA) is 214 Å². The van der Waals surface area contributed by atoms with Gasteiger partial charge >= 0.3 is 47.5 Å². The average molecular weight is 1370 g/mol. The molecule has 18 heteroatoms. The van der Waals surface area contributed by atoms with Gasteiger partial charge in [-0.25, -0.2) is 0 Å². The molecule has 0 fully saturated rings. The van der Waals surface area contributed by atoms with Crippen molar-refractivity contribution in [2.75, 3.05) is 76.7 Å². The Morgan fingerprint density at radius 1 is 0.327 bits per heavy atom. The van der Waals surface area contributed by atoms with E-state index in [1.54, 1.807) is 70.4 Å². The summed E-state index contributed by atoms with van der Waals surface area (Å²) in [6, 6.07) is 76.5. The largest absolute Gasteiger partial charge is 1.00 e. The van der Waals surface area contributed by atoms with Crippen LogP contribution in [0.25, 0.3) is 0 Å². The minimum atomic E-state index is -1.07. The molecule has 0 bridgehead atoms. The Morgan fingerprint density at radius 2 is 0.531 bits per heavy atom. The van der Waals surface area contributed by atoms with E-state index in [2.05, 4.69) is 4.74 Å². The summed E-state index contributed by atoms with van der Waals surface area (Å²) in [5.41, 5.74) is 3.73. The Bertz CT molecular complexity index is 3670. The van der Waals surface area contributed by atoms with Gasteiger partial charge in [0.05, 0.1) is 92.9 Å². The second kappa shape index (κ2) is 37.9. The van der Waals surface area contributed by atoms with Crippen molar-refractivity contribution in [3.63, 3.8) is 0 Å². The minimum Gasteiger partial charge on any atom is -0.870 e. The monoisotopic (exact) mass is 1360 g/mol. The van der Waals surface area contributed by atoms with Crippen molar-refractivity contribution in [1.29, 1.82) is 0 Å². The van der Waals surface area contributed by atoms with Crippen molar-refractivity contribution in [1.82, 2.24) is 0 Å². The first-order valence-electron chi connectivity index (χ1n) is 30.9. The maximum absolute atomic E-state index is 12.4. The molecule has 16 nitrogen and oxygen atoms in total. The molecule has 0 atom stereocenters. The maximum atomic E-state index is 12.4. The van der Waals surface area contributed by atoms with E-state index in [1.165, 1.54) is 14.2 Å². The van der Waals surface area contributed by atoms with Gasteiger partial charge in [0, 0.05) is 0 Å². The summed E-state index contributed by atoms with van der Waals surface area (Å²) < 4.78 is 54.7. The number of carbonyl (C=O) groups is 3. The SMILES string of the molecule is COC(=O)C(C)(C)CO.COC(=O)C(C)(C)COC(c1ccccc1)(c1ccc(OC)cc1)c1ccc(OC)cc1.COc1ccc(C(Cl)(c2ccccc2)c2ccc(OC)cc2)cc1.COc1ccc(C(OCC(C)(C)C(=O)O)(c2ccccc2)c2ccc(OC)cc2)cc1.[Na+].[OH-]. The van der Waals surface area contributed by atoms with Gasteiger partial charge in [0.25, 0.3) is 0 Å². The summed E-state index contributed by atoms with van der Waals surface area (Å²) in [6.07, 6.45) is 0. The average Bonchev–Trinajstić information content (AvgIpc) is 0.767. The Kier molecular flexibility index (Phi) is 31.6. The third-order valence-corrected chi connectivity index (χ3v) is 16.9. The van der Waals surface area contributed by atoms with Crippen LogP contribution in [-0.4, -0.2) is 110 Å². The normalized spacial score (nSPS) is 11.3. The summed E-state index contributed by atoms with van der Waals surface area (Å²) in [5.74, 6) is 2.94. The van der Waals surface area contributed by atoms with Gasteiger partial charge in [0.2, 0.25) is 0 Å². The molecule has 0 radical (unpaired) electrons. The van der Waals surface area contributed by atoms with Gasteiger partial charge in [-0.1, -0.05) is 164 Å². The van der Waals surface area contributed by atoms with Crippen molar-refractivity contribution in [2.24, 2.45) is 16.2 Å². The smallest absolute Gasteiger partial charge is 0.870 e. The van der Waals surface area contributed by atoms with Gasteiger partial charge < -0.3 is 63.1 Å². The maximum Gasteiger partial charge on any atom is 1.00 e. The number of aliphatic hydroxyl groups excluding tert-OH is 1. The zero-order chi connectivity index (χ0) is 70.2. The van der Waals surface area contributed by atoms with Crippen molar-refractivity contribution in [3.05, 3.63) is 287 Å². The van der Waals surface area contributed by atoms with E-state index in [0.29, 0.717) is 0 Å². The molecule has 9 aromatic rings. The van der Waals surface area contributed by atoms with Gasteiger partial charge in [-0.15, -0.1) is 11.6 Å². The van der Waals surface area contributed by atoms with Crippen LogP contribution in [0.15, 0.2) is 237 Å². The number of benzene rings is 9. The molecule has 0 aromatic heterocycles. The van der Waals surface area contributed by atoms with E-state index < -0.39 is 38.3 Å². The summed E-state index contributed by atoms with van der Waals surface area (Å²) >= 11 is 7.22. The number of hydrogen-bond donors (Lipinski definition) is 2. The Balaban J connectivity index is 0.000000293. The van der Waals surface area contributed by atoms with Gasteiger partial charge in [-0.05, 0) is 164 Å². The van der Waals surface area contributed by atoms with Crippen molar-refractivity contribution in [2.45, 2.75) is 57.6 Å².